The highest BCUT2D eigenvalue weighted by Crippen LogP contribution is 2.29. The van der Waals surface area contributed by atoms with E-state index in [1.807, 2.05) is 0 Å². The molecular formula is C27H23BrFN3O4S. The molecule has 1 unspecified atom stereocenters. The average Bonchev–Trinajstić information content (AvgIpc) is 3.10. The fourth-order valence-electron chi connectivity index (χ4n) is 3.92. The predicted octanol–water partition coefficient (Wildman–Crippen LogP) is 5.30. The number of carbonyl (C=O) groups excluding carboxylic acids is 3. The first-order valence-electron chi connectivity index (χ1n) is 11.5. The quantitative estimate of drug-likeness (QED) is 0.286. The van der Waals surface area contributed by atoms with Crippen LogP contribution in [0.4, 0.5) is 15.8 Å². The number of nitrogens with one attached hydrogen (secondary N) is 1. The SMILES string of the molecule is CCOC(=O)c1ccc(N2C(=O)C(CC(=O)Nc3ccc(Br)cc3)N(Cc3ccc(F)cc3)C2=S)cc1. The van der Waals surface area contributed by atoms with E-state index in [9.17, 15) is 18.8 Å². The summed E-state index contributed by atoms with van der Waals surface area (Å²) < 4.78 is 19.3. The summed E-state index contributed by atoms with van der Waals surface area (Å²) in [7, 11) is 0. The molecule has 0 spiro atoms. The minimum Gasteiger partial charge on any atom is -0.462 e. The molecule has 1 heterocycles. The Morgan fingerprint density at radius 2 is 1.68 bits per heavy atom. The lowest BCUT2D eigenvalue weighted by molar-refractivity contribution is -0.124. The van der Waals surface area contributed by atoms with Gasteiger partial charge in [0.2, 0.25) is 5.91 Å². The highest BCUT2D eigenvalue weighted by atomic mass is 79.9. The van der Waals surface area contributed by atoms with Gasteiger partial charge < -0.3 is 15.0 Å². The maximum atomic E-state index is 13.6. The third kappa shape index (κ3) is 6.20. The molecular weight excluding hydrogens is 561 g/mol. The van der Waals surface area contributed by atoms with Crippen LogP contribution in [0.1, 0.15) is 29.3 Å². The summed E-state index contributed by atoms with van der Waals surface area (Å²) in [5.74, 6) is -1.57. The van der Waals surface area contributed by atoms with Gasteiger partial charge in [0.1, 0.15) is 11.9 Å². The standard InChI is InChI=1S/C27H23BrFN3O4S/c1-2-36-26(35)18-5-13-22(14-6-18)32-25(34)23(15-24(33)30-21-11-7-19(28)8-12-21)31(27(32)37)16-17-3-9-20(29)10-4-17/h3-14,23H,2,15-16H2,1H3,(H,30,33). The molecule has 1 saturated heterocycles. The van der Waals surface area contributed by atoms with E-state index in [-0.39, 0.29) is 42.3 Å². The number of esters is 1. The second kappa shape index (κ2) is 11.6. The zero-order valence-corrected chi connectivity index (χ0v) is 22.2. The summed E-state index contributed by atoms with van der Waals surface area (Å²) in [6.45, 7) is 2.17. The van der Waals surface area contributed by atoms with Crippen LogP contribution in [0.25, 0.3) is 0 Å². The van der Waals surface area contributed by atoms with Gasteiger partial charge in [-0.3, -0.25) is 14.5 Å². The number of nitrogens with zero attached hydrogens (tertiary/aromatic N) is 2. The Hall–Kier alpha value is -3.63. The van der Waals surface area contributed by atoms with E-state index in [1.165, 1.54) is 17.0 Å². The molecule has 3 aromatic carbocycles. The second-order valence-corrected chi connectivity index (χ2v) is 9.53. The molecule has 1 atom stereocenters. The van der Waals surface area contributed by atoms with Gasteiger partial charge in [-0.05, 0) is 85.4 Å². The molecule has 2 amide bonds. The highest BCUT2D eigenvalue weighted by Gasteiger charge is 2.44. The summed E-state index contributed by atoms with van der Waals surface area (Å²) >= 11 is 9.03. The molecule has 37 heavy (non-hydrogen) atoms. The number of hydrogen-bond donors (Lipinski definition) is 1. The van der Waals surface area contributed by atoms with E-state index in [0.717, 1.165) is 10.0 Å². The van der Waals surface area contributed by atoms with Crippen molar-refractivity contribution in [1.82, 2.24) is 4.90 Å². The Morgan fingerprint density at radius 1 is 1.03 bits per heavy atom. The van der Waals surface area contributed by atoms with Crippen LogP contribution in [0, 0.1) is 5.82 Å². The van der Waals surface area contributed by atoms with E-state index < -0.39 is 12.0 Å². The summed E-state index contributed by atoms with van der Waals surface area (Å²) in [5.41, 5.74) is 2.13. The molecule has 4 rings (SSSR count). The van der Waals surface area contributed by atoms with Gasteiger partial charge in [0, 0.05) is 16.7 Å². The molecule has 0 aliphatic carbocycles. The molecule has 7 nitrogen and oxygen atoms in total. The third-order valence-electron chi connectivity index (χ3n) is 5.73. The number of rotatable bonds is 8. The zero-order valence-electron chi connectivity index (χ0n) is 19.8. The first-order chi connectivity index (χ1) is 17.8. The molecule has 0 bridgehead atoms. The number of benzene rings is 3. The molecule has 0 radical (unpaired) electrons. The number of hydrogen-bond acceptors (Lipinski definition) is 5. The van der Waals surface area contributed by atoms with Crippen molar-refractivity contribution < 1.29 is 23.5 Å². The first-order valence-corrected chi connectivity index (χ1v) is 12.7. The summed E-state index contributed by atoms with van der Waals surface area (Å²) in [6.07, 6.45) is -0.145. The van der Waals surface area contributed by atoms with Crippen LogP contribution in [0.2, 0.25) is 0 Å². The Labute approximate surface area is 227 Å². The molecule has 1 N–H and O–H groups in total. The number of carbonyl (C=O) groups is 3. The molecule has 1 aliphatic rings. The van der Waals surface area contributed by atoms with E-state index in [4.69, 9.17) is 17.0 Å². The van der Waals surface area contributed by atoms with Crippen LogP contribution >= 0.6 is 28.1 Å². The average molecular weight is 584 g/mol. The van der Waals surface area contributed by atoms with Gasteiger partial charge in [0.05, 0.1) is 24.3 Å². The fraction of sp³-hybridized carbons (Fsp3) is 0.185. The lowest BCUT2D eigenvalue weighted by atomic mass is 10.1. The summed E-state index contributed by atoms with van der Waals surface area (Å²) in [6, 6.07) is 18.4. The minimum absolute atomic E-state index is 0.145. The van der Waals surface area contributed by atoms with Crippen LogP contribution in [-0.2, 0) is 20.9 Å². The highest BCUT2D eigenvalue weighted by molar-refractivity contribution is 9.10. The van der Waals surface area contributed by atoms with Gasteiger partial charge in [-0.1, -0.05) is 28.1 Å². The van der Waals surface area contributed by atoms with Crippen molar-refractivity contribution in [3.8, 4) is 0 Å². The Morgan fingerprint density at radius 3 is 2.30 bits per heavy atom. The van der Waals surface area contributed by atoms with E-state index in [0.29, 0.717) is 16.9 Å². The van der Waals surface area contributed by atoms with Gasteiger partial charge >= 0.3 is 5.97 Å². The van der Waals surface area contributed by atoms with Crippen molar-refractivity contribution in [3.05, 3.63) is 94.2 Å². The lowest BCUT2D eigenvalue weighted by Gasteiger charge is -2.24. The number of halogens is 2. The van der Waals surface area contributed by atoms with Crippen molar-refractivity contribution in [2.75, 3.05) is 16.8 Å². The summed E-state index contributed by atoms with van der Waals surface area (Å²) in [5, 5.41) is 3.02. The molecule has 1 aliphatic heterocycles. The van der Waals surface area contributed by atoms with E-state index in [2.05, 4.69) is 21.2 Å². The molecule has 10 heteroatoms. The second-order valence-electron chi connectivity index (χ2n) is 8.25. The van der Waals surface area contributed by atoms with Gasteiger partial charge in [0.15, 0.2) is 5.11 Å². The maximum absolute atomic E-state index is 13.6. The first kappa shape index (κ1) is 26.4. The number of thiocarbonyl (C=S) groups is 1. The van der Waals surface area contributed by atoms with Crippen LogP contribution in [0.5, 0.6) is 0 Å². The van der Waals surface area contributed by atoms with Crippen molar-refractivity contribution in [3.63, 3.8) is 0 Å². The predicted molar refractivity (Wildman–Crippen MR) is 146 cm³/mol. The Balaban J connectivity index is 1.59. The van der Waals surface area contributed by atoms with Crippen molar-refractivity contribution in [2.24, 2.45) is 0 Å². The van der Waals surface area contributed by atoms with Gasteiger partial charge in [-0.15, -0.1) is 0 Å². The van der Waals surface area contributed by atoms with Crippen molar-refractivity contribution in [2.45, 2.75) is 25.9 Å². The van der Waals surface area contributed by atoms with Crippen LogP contribution in [-0.4, -0.2) is 40.4 Å². The molecule has 1 fully saturated rings. The Bertz CT molecular complexity index is 1320. The molecule has 0 aromatic heterocycles. The van der Waals surface area contributed by atoms with Crippen LogP contribution in [0.15, 0.2) is 77.3 Å². The van der Waals surface area contributed by atoms with E-state index >= 15 is 0 Å². The topological polar surface area (TPSA) is 78.9 Å². The van der Waals surface area contributed by atoms with Crippen LogP contribution in [0.3, 0.4) is 0 Å². The Kier molecular flexibility index (Phi) is 8.30. The minimum atomic E-state index is -0.877. The van der Waals surface area contributed by atoms with Crippen molar-refractivity contribution in [1.29, 1.82) is 0 Å². The monoisotopic (exact) mass is 583 g/mol. The summed E-state index contributed by atoms with van der Waals surface area (Å²) in [4.78, 5) is 41.5. The number of amides is 2. The molecule has 3 aromatic rings. The molecule has 0 saturated carbocycles. The van der Waals surface area contributed by atoms with Gasteiger partial charge in [-0.25, -0.2) is 9.18 Å². The fourth-order valence-corrected chi connectivity index (χ4v) is 4.57. The molecule has 190 valence electrons. The maximum Gasteiger partial charge on any atom is 0.338 e. The smallest absolute Gasteiger partial charge is 0.338 e. The van der Waals surface area contributed by atoms with Gasteiger partial charge in [0.25, 0.3) is 5.91 Å². The third-order valence-corrected chi connectivity index (χ3v) is 6.67. The lowest BCUT2D eigenvalue weighted by Crippen LogP contribution is -2.37. The zero-order chi connectivity index (χ0) is 26.5. The van der Waals surface area contributed by atoms with Crippen LogP contribution < -0.4 is 10.2 Å². The largest absolute Gasteiger partial charge is 0.462 e. The van der Waals surface area contributed by atoms with Crippen molar-refractivity contribution >= 4 is 62.4 Å². The number of anilines is 2. The van der Waals surface area contributed by atoms with Gasteiger partial charge in [-0.2, -0.15) is 0 Å². The number of ether oxygens (including phenoxy) is 1. The normalized spacial score (nSPS) is 15.2. The van der Waals surface area contributed by atoms with E-state index in [1.54, 1.807) is 72.5 Å².